The summed E-state index contributed by atoms with van der Waals surface area (Å²) < 4.78 is 5.87. The fourth-order valence-electron chi connectivity index (χ4n) is 5.94. The number of ether oxygens (including phenoxy) is 1. The zero-order chi connectivity index (χ0) is 33.8. The van der Waals surface area contributed by atoms with Crippen molar-refractivity contribution >= 4 is 27.0 Å². The van der Waals surface area contributed by atoms with E-state index < -0.39 is 0 Å². The van der Waals surface area contributed by atoms with E-state index in [1.54, 1.807) is 7.11 Å². The second kappa shape index (κ2) is 17.5. The van der Waals surface area contributed by atoms with Crippen molar-refractivity contribution in [1.82, 2.24) is 0 Å². The molecule has 0 radical (unpaired) electrons. The Bertz CT molecular complexity index is 1930. The van der Waals surface area contributed by atoms with Crippen LogP contribution in [0.2, 0.25) is 13.1 Å². The maximum absolute atomic E-state index is 5.87. The predicted molar refractivity (Wildman–Crippen MR) is 201 cm³/mol. The first-order valence-corrected chi connectivity index (χ1v) is 24.1. The van der Waals surface area contributed by atoms with Crippen LogP contribution in [0.5, 0.6) is 5.75 Å². The van der Waals surface area contributed by atoms with Gasteiger partial charge >= 0.3 is 41.6 Å². The molecular formula is C43H50Cl2HfOSi-2. The summed E-state index contributed by atoms with van der Waals surface area (Å²) in [4.78, 5) is 0. The summed E-state index contributed by atoms with van der Waals surface area (Å²) in [6.45, 7) is 22.4. The molecule has 0 N–H and O–H groups in total. The van der Waals surface area contributed by atoms with Gasteiger partial charge in [-0.25, -0.2) is 0 Å². The van der Waals surface area contributed by atoms with Gasteiger partial charge < -0.3 is 29.6 Å². The maximum atomic E-state index is 5.87. The number of aryl methyl sites for hydroxylation is 2. The van der Waals surface area contributed by atoms with E-state index in [0.29, 0.717) is 0 Å². The molecule has 0 unspecified atom stereocenters. The van der Waals surface area contributed by atoms with Crippen molar-refractivity contribution in [1.29, 1.82) is 0 Å². The Morgan fingerprint density at radius 2 is 1.17 bits per heavy atom. The van der Waals surface area contributed by atoms with E-state index in [1.165, 1.54) is 89.1 Å². The summed E-state index contributed by atoms with van der Waals surface area (Å²) in [5.41, 5.74) is 10.8. The second-order valence-corrected chi connectivity index (χ2v) is 27.4. The Labute approximate surface area is 317 Å². The minimum absolute atomic E-state index is 0. The number of rotatable bonds is 3. The van der Waals surface area contributed by atoms with Gasteiger partial charge in [-0.05, 0) is 38.6 Å². The molecule has 1 nitrogen and oxygen atoms in total. The minimum atomic E-state index is 0. The van der Waals surface area contributed by atoms with Crippen LogP contribution in [0, 0.1) is 13.8 Å². The van der Waals surface area contributed by atoms with Crippen molar-refractivity contribution in [2.75, 3.05) is 7.11 Å². The Balaban J connectivity index is 0.000000290. The number of hydrogen-bond donors (Lipinski definition) is 0. The molecule has 0 aliphatic carbocycles. The van der Waals surface area contributed by atoms with E-state index in [1.807, 2.05) is 0 Å². The fourth-order valence-corrected chi connectivity index (χ4v) is 5.94. The Morgan fingerprint density at radius 1 is 0.625 bits per heavy atom. The average molecular weight is 860 g/mol. The van der Waals surface area contributed by atoms with Gasteiger partial charge in [0.15, 0.2) is 0 Å². The van der Waals surface area contributed by atoms with Gasteiger partial charge in [-0.1, -0.05) is 122 Å². The third kappa shape index (κ3) is 10.3. The topological polar surface area (TPSA) is 9.23 Å². The van der Waals surface area contributed by atoms with Crippen molar-refractivity contribution in [2.45, 2.75) is 79.3 Å². The molecule has 0 heterocycles. The molecule has 0 aromatic heterocycles. The minimum Gasteiger partial charge on any atom is -1.00 e. The molecule has 0 amide bonds. The van der Waals surface area contributed by atoms with Crippen LogP contribution in [0.4, 0.5) is 0 Å². The SMILES string of the molecule is COc1c(C(C)(C)C)cc2[cH-]c(C)cc2c1-c1ccccc1.C[Si](C)=[Hf+2].Cc1cc2c(-c3ccc(C(C)(C)C)cc3)cccc2[cH-]1.[Cl-].[Cl-]. The van der Waals surface area contributed by atoms with Crippen molar-refractivity contribution in [2.24, 2.45) is 0 Å². The normalized spacial score (nSPS) is 11.0. The summed E-state index contributed by atoms with van der Waals surface area (Å²) in [5.74, 6) is 0.997. The molecule has 0 aliphatic heterocycles. The third-order valence-corrected chi connectivity index (χ3v) is 8.14. The first kappa shape index (κ1) is 41.7. The van der Waals surface area contributed by atoms with Gasteiger partial charge in [0.05, 0.1) is 7.11 Å². The van der Waals surface area contributed by atoms with Gasteiger partial charge in [0.25, 0.3) is 0 Å². The quantitative estimate of drug-likeness (QED) is 0.147. The van der Waals surface area contributed by atoms with Crippen LogP contribution in [0.25, 0.3) is 43.8 Å². The standard InChI is InChI=1S/C21H23O.C20H21.C2H6Si.2ClH.Hf/c1-14-11-16-13-18(21(2,3)4)20(22-5)19(17(16)12-14)15-9-7-6-8-10-15;1-14-12-16-6-5-7-18(19(16)13-14)15-8-10-17(11-9-15)20(2,3)4;1-3-2;;;/h6-13H,1-5H3;5-13H,1-4H3;1-2H3;2*1H;/q2*-1;;;;+2/p-2. The van der Waals surface area contributed by atoms with Crippen LogP contribution in [0.1, 0.15) is 63.8 Å². The van der Waals surface area contributed by atoms with E-state index in [4.69, 9.17) is 4.74 Å². The van der Waals surface area contributed by atoms with Crippen LogP contribution in [-0.2, 0) is 33.8 Å². The number of benzene rings is 4. The van der Waals surface area contributed by atoms with E-state index >= 15 is 0 Å². The zero-order valence-electron chi connectivity index (χ0n) is 30.5. The van der Waals surface area contributed by atoms with Crippen molar-refractivity contribution in [3.8, 4) is 28.0 Å². The van der Waals surface area contributed by atoms with Crippen molar-refractivity contribution in [3.63, 3.8) is 0 Å². The Hall–Kier alpha value is -2.43. The molecule has 48 heavy (non-hydrogen) atoms. The largest absolute Gasteiger partial charge is 1.00 e. The molecule has 6 rings (SSSR count). The molecule has 5 heteroatoms. The van der Waals surface area contributed by atoms with E-state index in [2.05, 4.69) is 172 Å². The van der Waals surface area contributed by atoms with Crippen LogP contribution in [0.15, 0.2) is 103 Å². The smallest absolute Gasteiger partial charge is 0.0132 e. The van der Waals surface area contributed by atoms with E-state index in [9.17, 15) is 0 Å². The third-order valence-electron chi connectivity index (χ3n) is 8.14. The van der Waals surface area contributed by atoms with Gasteiger partial charge in [0, 0.05) is 0 Å². The summed E-state index contributed by atoms with van der Waals surface area (Å²) in [5, 5.41) is 5.25. The van der Waals surface area contributed by atoms with Crippen molar-refractivity contribution in [3.05, 3.63) is 125 Å². The zero-order valence-corrected chi connectivity index (χ0v) is 36.6. The first-order chi connectivity index (χ1) is 21.6. The summed E-state index contributed by atoms with van der Waals surface area (Å²) in [6.07, 6.45) is 0. The summed E-state index contributed by atoms with van der Waals surface area (Å²) in [6, 6.07) is 37.4. The maximum Gasteiger partial charge on any atom is -0.0132 e. The van der Waals surface area contributed by atoms with Gasteiger partial charge in [-0.15, -0.1) is 63.0 Å². The molecule has 0 atom stereocenters. The molecule has 6 aromatic rings. The number of methoxy groups -OCH3 is 1. The molecule has 0 fully saturated rings. The molecule has 252 valence electrons. The molecule has 0 bridgehead atoms. The molecule has 0 spiro atoms. The number of fused-ring (bicyclic) bond motifs is 2. The van der Waals surface area contributed by atoms with Gasteiger partial charge in [-0.2, -0.15) is 12.1 Å². The molecule has 0 aliphatic rings. The molecule has 6 aromatic carbocycles. The number of halogens is 2. The molecule has 0 saturated heterocycles. The monoisotopic (exact) mass is 860 g/mol. The van der Waals surface area contributed by atoms with Crippen LogP contribution >= 0.6 is 0 Å². The van der Waals surface area contributed by atoms with Crippen LogP contribution in [-0.4, -0.2) is 12.6 Å². The predicted octanol–water partition coefficient (Wildman–Crippen LogP) is 6.46. The van der Waals surface area contributed by atoms with Gasteiger partial charge in [-0.3, -0.25) is 0 Å². The fraction of sp³-hybridized carbons (Fsp3) is 0.302. The van der Waals surface area contributed by atoms with Gasteiger partial charge in [0.2, 0.25) is 0 Å². The Kier molecular flexibility index (Phi) is 15.2. The van der Waals surface area contributed by atoms with Crippen molar-refractivity contribution < 1.29 is 52.6 Å². The summed E-state index contributed by atoms with van der Waals surface area (Å²) in [7, 11) is 1.78. The first-order valence-electron chi connectivity index (χ1n) is 16.2. The number of hydrogen-bond acceptors (Lipinski definition) is 1. The molecular weight excluding hydrogens is 810 g/mol. The van der Waals surface area contributed by atoms with Gasteiger partial charge in [0.1, 0.15) is 5.75 Å². The van der Waals surface area contributed by atoms with Crippen LogP contribution < -0.4 is 29.6 Å². The van der Waals surface area contributed by atoms with E-state index in [-0.39, 0.29) is 41.1 Å². The second-order valence-electron chi connectivity index (χ2n) is 14.7. The summed E-state index contributed by atoms with van der Waals surface area (Å²) >= 11 is 1.45. The van der Waals surface area contributed by atoms with Crippen LogP contribution in [0.3, 0.4) is 0 Å². The average Bonchev–Trinajstić information content (AvgIpc) is 3.56. The Morgan fingerprint density at radius 3 is 1.69 bits per heavy atom. The molecule has 0 saturated carbocycles. The van der Waals surface area contributed by atoms with E-state index in [0.717, 1.165) is 5.75 Å².